The molecular formula is C24H23NO3. The summed E-state index contributed by atoms with van der Waals surface area (Å²) in [6.45, 7) is 2.58. The highest BCUT2D eigenvalue weighted by Gasteiger charge is 2.38. The maximum Gasteiger partial charge on any atom is 0.415 e. The number of methoxy groups -OCH3 is 1. The molecule has 0 aliphatic carbocycles. The van der Waals surface area contributed by atoms with Crippen LogP contribution in [0.2, 0.25) is 0 Å². The fraction of sp³-hybridized carbons (Fsp3) is 0.208. The Morgan fingerprint density at radius 2 is 1.64 bits per heavy atom. The molecule has 1 fully saturated rings. The van der Waals surface area contributed by atoms with Crippen LogP contribution in [0.25, 0.3) is 11.1 Å². The Hall–Kier alpha value is -3.27. The molecule has 1 atom stereocenters. The van der Waals surface area contributed by atoms with E-state index in [-0.39, 0.29) is 6.09 Å². The van der Waals surface area contributed by atoms with Gasteiger partial charge >= 0.3 is 6.09 Å². The summed E-state index contributed by atoms with van der Waals surface area (Å²) in [4.78, 5) is 14.5. The van der Waals surface area contributed by atoms with E-state index < -0.39 is 5.60 Å². The van der Waals surface area contributed by atoms with Crippen molar-refractivity contribution < 1.29 is 14.3 Å². The molecule has 1 heterocycles. The minimum absolute atomic E-state index is 0.319. The molecule has 142 valence electrons. The van der Waals surface area contributed by atoms with Crippen LogP contribution in [0.4, 0.5) is 10.5 Å². The number of rotatable bonds is 4. The molecule has 1 saturated heterocycles. The van der Waals surface area contributed by atoms with Crippen LogP contribution in [0.5, 0.6) is 5.75 Å². The third-order valence-corrected chi connectivity index (χ3v) is 5.29. The zero-order valence-corrected chi connectivity index (χ0v) is 16.1. The number of anilines is 1. The number of ether oxygens (including phenoxy) is 2. The van der Waals surface area contributed by atoms with E-state index >= 15 is 0 Å². The SMILES string of the molecule is COc1cccc(-c2cccc(N3CC[C@](C)(c4ccccc4)OC3=O)c2)c1. The molecule has 3 aromatic rings. The van der Waals surface area contributed by atoms with E-state index in [9.17, 15) is 4.79 Å². The van der Waals surface area contributed by atoms with Gasteiger partial charge in [-0.3, -0.25) is 4.90 Å². The molecule has 1 amide bonds. The Balaban J connectivity index is 1.58. The van der Waals surface area contributed by atoms with Gasteiger partial charge in [-0.2, -0.15) is 0 Å². The molecule has 0 saturated carbocycles. The molecule has 3 aromatic carbocycles. The first-order valence-electron chi connectivity index (χ1n) is 9.40. The highest BCUT2D eigenvalue weighted by atomic mass is 16.6. The van der Waals surface area contributed by atoms with E-state index in [1.807, 2.05) is 85.8 Å². The lowest BCUT2D eigenvalue weighted by Gasteiger charge is -2.39. The van der Waals surface area contributed by atoms with Crippen molar-refractivity contribution >= 4 is 11.8 Å². The monoisotopic (exact) mass is 373 g/mol. The predicted molar refractivity (Wildman–Crippen MR) is 111 cm³/mol. The van der Waals surface area contributed by atoms with Crippen LogP contribution < -0.4 is 9.64 Å². The Morgan fingerprint density at radius 3 is 2.36 bits per heavy atom. The van der Waals surface area contributed by atoms with Crippen LogP contribution in [-0.2, 0) is 10.3 Å². The average Bonchev–Trinajstić information content (AvgIpc) is 2.74. The number of hydrogen-bond donors (Lipinski definition) is 0. The Kier molecular flexibility index (Phi) is 4.78. The van der Waals surface area contributed by atoms with Crippen LogP contribution in [-0.4, -0.2) is 19.7 Å². The number of amides is 1. The molecule has 28 heavy (non-hydrogen) atoms. The molecule has 1 aliphatic heterocycles. The number of cyclic esters (lactones) is 1. The largest absolute Gasteiger partial charge is 0.497 e. The van der Waals surface area contributed by atoms with E-state index in [0.717, 1.165) is 34.5 Å². The van der Waals surface area contributed by atoms with E-state index in [1.165, 1.54) is 0 Å². The number of carbonyl (C=O) groups is 1. The summed E-state index contributed by atoms with van der Waals surface area (Å²) in [6, 6.07) is 25.8. The van der Waals surface area contributed by atoms with Gasteiger partial charge in [0.2, 0.25) is 0 Å². The molecule has 0 spiro atoms. The molecule has 0 bridgehead atoms. The quantitative estimate of drug-likeness (QED) is 0.595. The van der Waals surface area contributed by atoms with Crippen molar-refractivity contribution in [2.75, 3.05) is 18.6 Å². The normalized spacial score (nSPS) is 19.2. The average molecular weight is 373 g/mol. The molecule has 4 nitrogen and oxygen atoms in total. The van der Waals surface area contributed by atoms with Crippen molar-refractivity contribution in [3.63, 3.8) is 0 Å². The highest BCUT2D eigenvalue weighted by Crippen LogP contribution is 2.36. The number of carbonyl (C=O) groups excluding carboxylic acids is 1. The van der Waals surface area contributed by atoms with Crippen molar-refractivity contribution in [2.24, 2.45) is 0 Å². The zero-order chi connectivity index (χ0) is 19.6. The van der Waals surface area contributed by atoms with Crippen molar-refractivity contribution in [2.45, 2.75) is 18.9 Å². The molecule has 1 aliphatic rings. The van der Waals surface area contributed by atoms with Crippen molar-refractivity contribution in [3.05, 3.63) is 84.4 Å². The second-order valence-corrected chi connectivity index (χ2v) is 7.15. The summed E-state index contributed by atoms with van der Waals surface area (Å²) in [5, 5.41) is 0. The van der Waals surface area contributed by atoms with E-state index in [0.29, 0.717) is 6.54 Å². The Bertz CT molecular complexity index is 986. The topological polar surface area (TPSA) is 38.8 Å². The van der Waals surface area contributed by atoms with E-state index in [2.05, 4.69) is 0 Å². The fourth-order valence-electron chi connectivity index (χ4n) is 3.60. The third-order valence-electron chi connectivity index (χ3n) is 5.29. The second kappa shape index (κ2) is 7.39. The molecule has 0 radical (unpaired) electrons. The Labute approximate surface area is 165 Å². The minimum atomic E-state index is -0.598. The standard InChI is InChI=1S/C24H23NO3/c1-24(20-10-4-3-5-11-20)14-15-25(23(26)28-24)21-12-6-8-18(16-21)19-9-7-13-22(17-19)27-2/h3-13,16-17H,14-15H2,1-2H3/t24-/m1/s1. The third kappa shape index (κ3) is 3.46. The lowest BCUT2D eigenvalue weighted by Crippen LogP contribution is -2.46. The Morgan fingerprint density at radius 1 is 0.929 bits per heavy atom. The van der Waals surface area contributed by atoms with Crippen molar-refractivity contribution in [1.82, 2.24) is 0 Å². The van der Waals surface area contributed by atoms with Gasteiger partial charge in [0.15, 0.2) is 0 Å². The number of nitrogens with zero attached hydrogens (tertiary/aromatic N) is 1. The number of benzene rings is 3. The summed E-state index contributed by atoms with van der Waals surface area (Å²) in [7, 11) is 1.66. The summed E-state index contributed by atoms with van der Waals surface area (Å²) in [5.74, 6) is 0.805. The summed E-state index contributed by atoms with van der Waals surface area (Å²) >= 11 is 0. The van der Waals surface area contributed by atoms with Crippen LogP contribution in [0.1, 0.15) is 18.9 Å². The maximum atomic E-state index is 12.8. The van der Waals surface area contributed by atoms with Crippen molar-refractivity contribution in [3.8, 4) is 16.9 Å². The summed E-state index contributed by atoms with van der Waals surface area (Å²) in [5.41, 5.74) is 3.33. The van der Waals surface area contributed by atoms with Crippen LogP contribution in [0, 0.1) is 0 Å². The fourth-order valence-corrected chi connectivity index (χ4v) is 3.60. The molecule has 0 unspecified atom stereocenters. The van der Waals surface area contributed by atoms with Gasteiger partial charge in [-0.15, -0.1) is 0 Å². The molecule has 4 heteroatoms. The number of hydrogen-bond acceptors (Lipinski definition) is 3. The first-order chi connectivity index (χ1) is 13.6. The van der Waals surface area contributed by atoms with E-state index in [1.54, 1.807) is 12.0 Å². The van der Waals surface area contributed by atoms with Gasteiger partial charge in [0.1, 0.15) is 11.4 Å². The van der Waals surface area contributed by atoms with Crippen LogP contribution >= 0.6 is 0 Å². The first-order valence-corrected chi connectivity index (χ1v) is 9.40. The van der Waals surface area contributed by atoms with Gasteiger partial charge in [0, 0.05) is 18.7 Å². The van der Waals surface area contributed by atoms with Crippen LogP contribution in [0.3, 0.4) is 0 Å². The lowest BCUT2D eigenvalue weighted by atomic mass is 9.91. The van der Waals surface area contributed by atoms with Gasteiger partial charge in [-0.05, 0) is 47.9 Å². The van der Waals surface area contributed by atoms with Gasteiger partial charge in [0.25, 0.3) is 0 Å². The predicted octanol–water partition coefficient (Wildman–Crippen LogP) is 5.62. The smallest absolute Gasteiger partial charge is 0.415 e. The minimum Gasteiger partial charge on any atom is -0.497 e. The lowest BCUT2D eigenvalue weighted by molar-refractivity contribution is 0.00583. The maximum absolute atomic E-state index is 12.8. The molecule has 0 N–H and O–H groups in total. The van der Waals surface area contributed by atoms with E-state index in [4.69, 9.17) is 9.47 Å². The summed E-state index contributed by atoms with van der Waals surface area (Å²) < 4.78 is 11.2. The van der Waals surface area contributed by atoms with Crippen LogP contribution in [0.15, 0.2) is 78.9 Å². The van der Waals surface area contributed by atoms with Gasteiger partial charge in [-0.1, -0.05) is 54.6 Å². The molecule has 0 aromatic heterocycles. The summed E-state index contributed by atoms with van der Waals surface area (Å²) in [6.07, 6.45) is 0.409. The highest BCUT2D eigenvalue weighted by molar-refractivity contribution is 5.90. The molecular weight excluding hydrogens is 350 g/mol. The second-order valence-electron chi connectivity index (χ2n) is 7.15. The first kappa shape index (κ1) is 18.1. The van der Waals surface area contributed by atoms with Crippen molar-refractivity contribution in [1.29, 1.82) is 0 Å². The van der Waals surface area contributed by atoms with Gasteiger partial charge in [0.05, 0.1) is 7.11 Å². The molecule has 4 rings (SSSR count). The van der Waals surface area contributed by atoms with Gasteiger partial charge in [-0.25, -0.2) is 4.79 Å². The van der Waals surface area contributed by atoms with Gasteiger partial charge < -0.3 is 9.47 Å². The zero-order valence-electron chi connectivity index (χ0n) is 16.1.